The summed E-state index contributed by atoms with van der Waals surface area (Å²) in [5.41, 5.74) is 1.36. The van der Waals surface area contributed by atoms with Gasteiger partial charge in [0.25, 0.3) is 0 Å². The summed E-state index contributed by atoms with van der Waals surface area (Å²) in [6, 6.07) is 1.10. The molecule has 0 amide bonds. The number of rotatable bonds is 4. The second kappa shape index (κ2) is 6.27. The maximum absolute atomic E-state index is 5.82. The van der Waals surface area contributed by atoms with Gasteiger partial charge in [0.15, 0.2) is 0 Å². The van der Waals surface area contributed by atoms with Gasteiger partial charge < -0.3 is 14.6 Å². The van der Waals surface area contributed by atoms with E-state index in [1.165, 1.54) is 31.4 Å². The largest absolute Gasteiger partial charge is 0.378 e. The summed E-state index contributed by atoms with van der Waals surface area (Å²) in [7, 11) is 0. The van der Waals surface area contributed by atoms with E-state index in [1.807, 2.05) is 12.5 Å². The zero-order valence-corrected chi connectivity index (χ0v) is 12.7. The van der Waals surface area contributed by atoms with E-state index in [4.69, 9.17) is 4.74 Å². The molecule has 1 aromatic rings. The van der Waals surface area contributed by atoms with E-state index in [0.717, 1.165) is 19.6 Å². The summed E-state index contributed by atoms with van der Waals surface area (Å²) in [4.78, 5) is 4.40. The van der Waals surface area contributed by atoms with Crippen molar-refractivity contribution in [3.63, 3.8) is 0 Å². The zero-order valence-electron chi connectivity index (χ0n) is 12.7. The number of aromatic nitrogens is 2. The van der Waals surface area contributed by atoms with E-state index in [-0.39, 0.29) is 0 Å². The molecule has 0 saturated carbocycles. The number of hydrogen-bond donors (Lipinski definition) is 1. The molecule has 3 heterocycles. The normalized spacial score (nSPS) is 34.5. The lowest BCUT2D eigenvalue weighted by atomic mass is 9.96. The Morgan fingerprint density at radius 3 is 3.10 bits per heavy atom. The molecule has 112 valence electrons. The van der Waals surface area contributed by atoms with Crippen LogP contribution in [0.1, 0.15) is 57.7 Å². The van der Waals surface area contributed by atoms with Crippen LogP contribution in [-0.2, 0) is 11.3 Å². The molecule has 0 aliphatic carbocycles. The van der Waals surface area contributed by atoms with Gasteiger partial charge in [0.05, 0.1) is 18.1 Å². The summed E-state index contributed by atoms with van der Waals surface area (Å²) in [6.07, 6.45) is 10.6. The third-order valence-electron chi connectivity index (χ3n) is 4.90. The van der Waals surface area contributed by atoms with E-state index in [0.29, 0.717) is 24.1 Å². The van der Waals surface area contributed by atoms with Gasteiger partial charge in [0.1, 0.15) is 0 Å². The molecule has 2 aliphatic heterocycles. The zero-order chi connectivity index (χ0) is 13.9. The van der Waals surface area contributed by atoms with Crippen molar-refractivity contribution in [3.05, 3.63) is 18.2 Å². The molecule has 4 heteroatoms. The first-order chi connectivity index (χ1) is 9.78. The van der Waals surface area contributed by atoms with Gasteiger partial charge in [-0.15, -0.1) is 0 Å². The lowest BCUT2D eigenvalue weighted by Gasteiger charge is -2.30. The summed E-state index contributed by atoms with van der Waals surface area (Å²) in [6.45, 7) is 6.49. The Kier molecular flexibility index (Phi) is 4.41. The molecule has 1 N–H and O–H groups in total. The molecule has 4 nitrogen and oxygen atoms in total. The van der Waals surface area contributed by atoms with Gasteiger partial charge >= 0.3 is 0 Å². The van der Waals surface area contributed by atoms with Gasteiger partial charge in [-0.3, -0.25) is 0 Å². The van der Waals surface area contributed by atoms with Crippen molar-refractivity contribution in [3.8, 4) is 0 Å². The number of nitrogens with zero attached hydrogens (tertiary/aromatic N) is 2. The standard InChI is InChI=1S/C16H27N3O/c1-3-16-13(7-8-20-16)10-19-11-17-9-15(19)14-6-4-5-12(2)18-14/h9,11-14,16,18H,3-8,10H2,1-2H3. The molecule has 0 spiro atoms. The third kappa shape index (κ3) is 2.91. The van der Waals surface area contributed by atoms with Crippen LogP contribution in [0.2, 0.25) is 0 Å². The molecule has 1 aromatic heterocycles. The molecule has 4 atom stereocenters. The minimum Gasteiger partial charge on any atom is -0.378 e. The van der Waals surface area contributed by atoms with Gasteiger partial charge in [-0.2, -0.15) is 0 Å². The Morgan fingerprint density at radius 1 is 1.40 bits per heavy atom. The first-order valence-corrected chi connectivity index (χ1v) is 8.15. The van der Waals surface area contributed by atoms with Crippen molar-refractivity contribution in [1.82, 2.24) is 14.9 Å². The predicted octanol–water partition coefficient (Wildman–Crippen LogP) is 2.90. The van der Waals surface area contributed by atoms with Crippen LogP contribution < -0.4 is 5.32 Å². The van der Waals surface area contributed by atoms with Gasteiger partial charge in [-0.25, -0.2) is 4.98 Å². The van der Waals surface area contributed by atoms with E-state index in [1.54, 1.807) is 0 Å². The summed E-state index contributed by atoms with van der Waals surface area (Å²) >= 11 is 0. The molecular formula is C16H27N3O. The number of imidazole rings is 1. The lowest BCUT2D eigenvalue weighted by molar-refractivity contribution is 0.0831. The number of nitrogens with one attached hydrogen (secondary N) is 1. The van der Waals surface area contributed by atoms with Crippen molar-refractivity contribution in [1.29, 1.82) is 0 Å². The molecule has 20 heavy (non-hydrogen) atoms. The van der Waals surface area contributed by atoms with Crippen molar-refractivity contribution < 1.29 is 4.74 Å². The van der Waals surface area contributed by atoms with Crippen LogP contribution in [0, 0.1) is 5.92 Å². The highest BCUT2D eigenvalue weighted by atomic mass is 16.5. The first kappa shape index (κ1) is 14.1. The summed E-state index contributed by atoms with van der Waals surface area (Å²) in [5.74, 6) is 0.647. The fraction of sp³-hybridized carbons (Fsp3) is 0.812. The maximum atomic E-state index is 5.82. The molecule has 0 aromatic carbocycles. The first-order valence-electron chi connectivity index (χ1n) is 8.15. The molecule has 0 radical (unpaired) electrons. The number of ether oxygens (including phenoxy) is 1. The Morgan fingerprint density at radius 2 is 2.30 bits per heavy atom. The van der Waals surface area contributed by atoms with Crippen LogP contribution in [0.25, 0.3) is 0 Å². The third-order valence-corrected chi connectivity index (χ3v) is 4.90. The van der Waals surface area contributed by atoms with E-state index >= 15 is 0 Å². The maximum Gasteiger partial charge on any atom is 0.0948 e. The predicted molar refractivity (Wildman–Crippen MR) is 79.6 cm³/mol. The molecule has 2 aliphatic rings. The number of hydrogen-bond acceptors (Lipinski definition) is 3. The molecule has 0 bridgehead atoms. The highest BCUT2D eigenvalue weighted by Gasteiger charge is 2.29. The van der Waals surface area contributed by atoms with Crippen LogP contribution >= 0.6 is 0 Å². The summed E-state index contributed by atoms with van der Waals surface area (Å²) in [5, 5.41) is 3.72. The minimum atomic E-state index is 0.434. The number of piperidine rings is 1. The second-order valence-electron chi connectivity index (χ2n) is 6.39. The molecule has 2 saturated heterocycles. The van der Waals surface area contributed by atoms with E-state index < -0.39 is 0 Å². The van der Waals surface area contributed by atoms with Crippen LogP contribution in [-0.4, -0.2) is 28.3 Å². The topological polar surface area (TPSA) is 39.1 Å². The van der Waals surface area contributed by atoms with Crippen LogP contribution in [0.3, 0.4) is 0 Å². The highest BCUT2D eigenvalue weighted by molar-refractivity contribution is 5.07. The van der Waals surface area contributed by atoms with Crippen molar-refractivity contribution in [2.75, 3.05) is 6.61 Å². The fourth-order valence-electron chi connectivity index (χ4n) is 3.75. The highest BCUT2D eigenvalue weighted by Crippen LogP contribution is 2.29. The van der Waals surface area contributed by atoms with Crippen LogP contribution in [0.4, 0.5) is 0 Å². The Hall–Kier alpha value is -0.870. The average molecular weight is 277 g/mol. The van der Waals surface area contributed by atoms with Gasteiger partial charge in [0, 0.05) is 37.4 Å². The SMILES string of the molecule is CCC1OCCC1Cn1cncc1C1CCCC(C)N1. The Labute approximate surface area is 121 Å². The molecular weight excluding hydrogens is 250 g/mol. The van der Waals surface area contributed by atoms with Crippen molar-refractivity contribution >= 4 is 0 Å². The Balaban J connectivity index is 1.70. The monoisotopic (exact) mass is 277 g/mol. The fourth-order valence-corrected chi connectivity index (χ4v) is 3.75. The van der Waals surface area contributed by atoms with Crippen molar-refractivity contribution in [2.45, 2.75) is 70.7 Å². The second-order valence-corrected chi connectivity index (χ2v) is 6.39. The van der Waals surface area contributed by atoms with Gasteiger partial charge in [-0.05, 0) is 39.0 Å². The quantitative estimate of drug-likeness (QED) is 0.919. The van der Waals surface area contributed by atoms with Gasteiger partial charge in [-0.1, -0.05) is 6.92 Å². The average Bonchev–Trinajstić information content (AvgIpc) is 3.08. The summed E-state index contributed by atoms with van der Waals surface area (Å²) < 4.78 is 8.18. The molecule has 2 fully saturated rings. The minimum absolute atomic E-state index is 0.434. The molecule has 3 rings (SSSR count). The van der Waals surface area contributed by atoms with Crippen molar-refractivity contribution in [2.24, 2.45) is 5.92 Å². The smallest absolute Gasteiger partial charge is 0.0948 e. The van der Waals surface area contributed by atoms with Crippen LogP contribution in [0.5, 0.6) is 0 Å². The van der Waals surface area contributed by atoms with E-state index in [2.05, 4.69) is 28.7 Å². The van der Waals surface area contributed by atoms with E-state index in [9.17, 15) is 0 Å². The van der Waals surface area contributed by atoms with Crippen LogP contribution in [0.15, 0.2) is 12.5 Å². The molecule has 4 unspecified atom stereocenters. The van der Waals surface area contributed by atoms with Gasteiger partial charge in [0.2, 0.25) is 0 Å². The lowest BCUT2D eigenvalue weighted by Crippen LogP contribution is -2.36. The Bertz CT molecular complexity index is 431.